The monoisotopic (exact) mass is 349 g/mol. The van der Waals surface area contributed by atoms with Crippen molar-refractivity contribution in [2.45, 2.75) is 50.5 Å². The maximum Gasteiger partial charge on any atom is 0.162 e. The first-order chi connectivity index (χ1) is 12.7. The summed E-state index contributed by atoms with van der Waals surface area (Å²) in [7, 11) is 0. The number of ketones is 1. The molecule has 2 atom stereocenters. The topological polar surface area (TPSA) is 40.5 Å². The molecule has 0 amide bonds. The standard InChI is InChI=1S/C23H27NO2/c25-22(17-7-2-1-3-8-17)10-4-5-15-24-16-14-19-18-9-6-11-23(26)20(18)12-13-21(19)24/h1-3,6-9,11,19,21,26H,4-5,10,12-16H2. The summed E-state index contributed by atoms with van der Waals surface area (Å²) in [5.74, 6) is 1.29. The fourth-order valence-electron chi connectivity index (χ4n) is 4.81. The third-order valence-electron chi connectivity index (χ3n) is 6.13. The number of likely N-dealkylation sites (tertiary alicyclic amines) is 1. The Kier molecular flexibility index (Phi) is 5.07. The van der Waals surface area contributed by atoms with Gasteiger partial charge in [0.05, 0.1) is 0 Å². The van der Waals surface area contributed by atoms with Crippen molar-refractivity contribution in [1.29, 1.82) is 0 Å². The van der Waals surface area contributed by atoms with Gasteiger partial charge in [-0.1, -0.05) is 42.5 Å². The lowest BCUT2D eigenvalue weighted by atomic mass is 9.79. The lowest BCUT2D eigenvalue weighted by Crippen LogP contribution is -2.35. The van der Waals surface area contributed by atoms with Crippen LogP contribution >= 0.6 is 0 Å². The van der Waals surface area contributed by atoms with Gasteiger partial charge in [-0.3, -0.25) is 9.69 Å². The summed E-state index contributed by atoms with van der Waals surface area (Å²) >= 11 is 0. The van der Waals surface area contributed by atoms with Gasteiger partial charge in [0.25, 0.3) is 0 Å². The van der Waals surface area contributed by atoms with E-state index in [1.165, 1.54) is 17.5 Å². The number of unbranched alkanes of at least 4 members (excludes halogenated alkanes) is 1. The Morgan fingerprint density at radius 2 is 1.88 bits per heavy atom. The first-order valence-electron chi connectivity index (χ1n) is 9.87. The van der Waals surface area contributed by atoms with E-state index in [1.54, 1.807) is 0 Å². The van der Waals surface area contributed by atoms with Gasteiger partial charge in [-0.25, -0.2) is 0 Å². The lowest BCUT2D eigenvalue weighted by molar-refractivity contribution is 0.0977. The number of fused-ring (bicyclic) bond motifs is 3. The van der Waals surface area contributed by atoms with E-state index in [-0.39, 0.29) is 5.78 Å². The molecule has 2 aromatic carbocycles. The van der Waals surface area contributed by atoms with Crippen LogP contribution in [0.2, 0.25) is 0 Å². The molecule has 1 heterocycles. The zero-order valence-corrected chi connectivity index (χ0v) is 15.2. The summed E-state index contributed by atoms with van der Waals surface area (Å²) in [6.07, 6.45) is 5.98. The van der Waals surface area contributed by atoms with E-state index in [2.05, 4.69) is 11.0 Å². The summed E-state index contributed by atoms with van der Waals surface area (Å²) in [4.78, 5) is 14.8. The van der Waals surface area contributed by atoms with Gasteiger partial charge in [0.1, 0.15) is 5.75 Å². The molecule has 2 unspecified atom stereocenters. The van der Waals surface area contributed by atoms with Crippen molar-refractivity contribution in [2.75, 3.05) is 13.1 Å². The third-order valence-corrected chi connectivity index (χ3v) is 6.13. The van der Waals surface area contributed by atoms with Crippen molar-refractivity contribution < 1.29 is 9.90 Å². The van der Waals surface area contributed by atoms with Gasteiger partial charge in [0, 0.05) is 23.9 Å². The summed E-state index contributed by atoms with van der Waals surface area (Å²) in [6.45, 7) is 2.22. The van der Waals surface area contributed by atoms with E-state index < -0.39 is 0 Å². The minimum Gasteiger partial charge on any atom is -0.508 e. The van der Waals surface area contributed by atoms with Crippen LogP contribution in [0.15, 0.2) is 48.5 Å². The molecule has 0 spiro atoms. The quantitative estimate of drug-likeness (QED) is 0.614. The zero-order chi connectivity index (χ0) is 17.9. The highest BCUT2D eigenvalue weighted by Gasteiger charge is 2.38. The number of carbonyl (C=O) groups excluding carboxylic acids is 1. The minimum absolute atomic E-state index is 0.256. The molecule has 1 fully saturated rings. The highest BCUT2D eigenvalue weighted by atomic mass is 16.3. The van der Waals surface area contributed by atoms with Gasteiger partial charge in [0.2, 0.25) is 0 Å². The number of aromatic hydroxyl groups is 1. The highest BCUT2D eigenvalue weighted by Crippen LogP contribution is 2.43. The van der Waals surface area contributed by atoms with Crippen molar-refractivity contribution in [3.8, 4) is 5.75 Å². The zero-order valence-electron chi connectivity index (χ0n) is 15.2. The molecule has 1 saturated heterocycles. The van der Waals surface area contributed by atoms with Crippen LogP contribution in [0.5, 0.6) is 5.75 Å². The van der Waals surface area contributed by atoms with Crippen LogP contribution in [-0.4, -0.2) is 34.9 Å². The van der Waals surface area contributed by atoms with Crippen LogP contribution in [0.4, 0.5) is 0 Å². The van der Waals surface area contributed by atoms with Gasteiger partial charge in [0.15, 0.2) is 5.78 Å². The highest BCUT2D eigenvalue weighted by molar-refractivity contribution is 5.95. The summed E-state index contributed by atoms with van der Waals surface area (Å²) in [6, 6.07) is 16.2. The predicted octanol–water partition coefficient (Wildman–Crippen LogP) is 4.55. The van der Waals surface area contributed by atoms with Gasteiger partial charge in [-0.2, -0.15) is 0 Å². The van der Waals surface area contributed by atoms with E-state index in [0.717, 1.165) is 44.3 Å². The van der Waals surface area contributed by atoms with E-state index in [4.69, 9.17) is 0 Å². The average Bonchev–Trinajstić information content (AvgIpc) is 3.09. The molecule has 3 heteroatoms. The second-order valence-corrected chi connectivity index (χ2v) is 7.63. The summed E-state index contributed by atoms with van der Waals surface area (Å²) in [5.41, 5.74) is 3.37. The fourth-order valence-corrected chi connectivity index (χ4v) is 4.81. The Morgan fingerprint density at radius 3 is 2.73 bits per heavy atom. The molecule has 0 aromatic heterocycles. The predicted molar refractivity (Wildman–Crippen MR) is 104 cm³/mol. The lowest BCUT2D eigenvalue weighted by Gasteiger charge is -2.33. The van der Waals surface area contributed by atoms with Crippen molar-refractivity contribution in [3.63, 3.8) is 0 Å². The van der Waals surface area contributed by atoms with Crippen LogP contribution in [-0.2, 0) is 6.42 Å². The van der Waals surface area contributed by atoms with Crippen LogP contribution < -0.4 is 0 Å². The Hall–Kier alpha value is -2.13. The maximum absolute atomic E-state index is 12.2. The number of carbonyl (C=O) groups is 1. The second-order valence-electron chi connectivity index (χ2n) is 7.63. The van der Waals surface area contributed by atoms with E-state index >= 15 is 0 Å². The Bertz CT molecular complexity index is 771. The minimum atomic E-state index is 0.256. The molecule has 136 valence electrons. The van der Waals surface area contributed by atoms with Gasteiger partial charge in [-0.15, -0.1) is 0 Å². The van der Waals surface area contributed by atoms with Crippen molar-refractivity contribution in [2.24, 2.45) is 0 Å². The van der Waals surface area contributed by atoms with E-state index in [0.29, 0.717) is 24.1 Å². The number of hydrogen-bond donors (Lipinski definition) is 1. The molecule has 0 radical (unpaired) electrons. The molecule has 1 aliphatic carbocycles. The molecule has 1 N–H and O–H groups in total. The van der Waals surface area contributed by atoms with Crippen molar-refractivity contribution in [3.05, 3.63) is 65.2 Å². The molecule has 1 aliphatic heterocycles. The van der Waals surface area contributed by atoms with Crippen LogP contribution in [0.3, 0.4) is 0 Å². The number of phenols is 1. The molecule has 3 nitrogen and oxygen atoms in total. The molecule has 0 bridgehead atoms. The molecule has 4 rings (SSSR count). The Balaban J connectivity index is 1.29. The van der Waals surface area contributed by atoms with Crippen molar-refractivity contribution >= 4 is 5.78 Å². The summed E-state index contributed by atoms with van der Waals surface area (Å²) in [5, 5.41) is 10.1. The van der Waals surface area contributed by atoms with Crippen LogP contribution in [0.1, 0.15) is 59.5 Å². The number of benzene rings is 2. The number of hydrogen-bond acceptors (Lipinski definition) is 3. The number of Topliss-reactive ketones (excluding diaryl/α,β-unsaturated/α-hetero) is 1. The molecular weight excluding hydrogens is 322 g/mol. The average molecular weight is 349 g/mol. The number of phenolic OH excluding ortho intramolecular Hbond substituents is 1. The number of nitrogens with zero attached hydrogens (tertiary/aromatic N) is 1. The van der Waals surface area contributed by atoms with Crippen LogP contribution in [0.25, 0.3) is 0 Å². The van der Waals surface area contributed by atoms with Crippen molar-refractivity contribution in [1.82, 2.24) is 4.90 Å². The molecular formula is C23H27NO2. The molecule has 0 saturated carbocycles. The molecule has 26 heavy (non-hydrogen) atoms. The van der Waals surface area contributed by atoms with Crippen LogP contribution in [0, 0.1) is 0 Å². The van der Waals surface area contributed by atoms with E-state index in [9.17, 15) is 9.90 Å². The number of rotatable bonds is 6. The normalized spacial score (nSPS) is 22.0. The SMILES string of the molecule is O=C(CCCCN1CCC2c3cccc(O)c3CCC21)c1ccccc1. The smallest absolute Gasteiger partial charge is 0.162 e. The first-order valence-corrected chi connectivity index (χ1v) is 9.87. The third kappa shape index (κ3) is 3.41. The van der Waals surface area contributed by atoms with E-state index in [1.807, 2.05) is 42.5 Å². The van der Waals surface area contributed by atoms with Gasteiger partial charge >= 0.3 is 0 Å². The summed E-state index contributed by atoms with van der Waals surface area (Å²) < 4.78 is 0. The fraction of sp³-hybridized carbons (Fsp3) is 0.435. The maximum atomic E-state index is 12.2. The molecule has 2 aromatic rings. The Morgan fingerprint density at radius 1 is 1.04 bits per heavy atom. The van der Waals surface area contributed by atoms with Gasteiger partial charge < -0.3 is 5.11 Å². The molecule has 2 aliphatic rings. The first kappa shape index (κ1) is 17.3. The second kappa shape index (κ2) is 7.63. The largest absolute Gasteiger partial charge is 0.508 e. The van der Waals surface area contributed by atoms with Gasteiger partial charge in [-0.05, 0) is 62.4 Å². The Labute approximate surface area is 155 Å².